The van der Waals surface area contributed by atoms with Crippen molar-refractivity contribution >= 4 is 12.6 Å². The first kappa shape index (κ1) is 9.17. The lowest BCUT2D eigenvalue weighted by atomic mass is 9.89. The van der Waals surface area contributed by atoms with Crippen molar-refractivity contribution in [3.05, 3.63) is 12.7 Å². The molecule has 0 N–H and O–H groups in total. The Morgan fingerprint density at radius 2 is 2.08 bits per heavy atom. The minimum Gasteiger partial charge on any atom is -0.303 e. The molecule has 0 aromatic carbocycles. The van der Waals surface area contributed by atoms with Crippen LogP contribution < -0.4 is 0 Å². The molecular formula is C10H14O2. The largest absolute Gasteiger partial charge is 0.303 e. The van der Waals surface area contributed by atoms with Crippen LogP contribution in [0.5, 0.6) is 0 Å². The van der Waals surface area contributed by atoms with Gasteiger partial charge in [0.05, 0.1) is 0 Å². The van der Waals surface area contributed by atoms with Gasteiger partial charge < -0.3 is 9.59 Å². The Bertz CT molecular complexity index is 186. The van der Waals surface area contributed by atoms with Crippen LogP contribution in [0.3, 0.4) is 0 Å². The first-order valence-corrected chi connectivity index (χ1v) is 4.35. The first-order chi connectivity index (χ1) is 5.83. The van der Waals surface area contributed by atoms with Gasteiger partial charge in [-0.1, -0.05) is 6.08 Å². The highest BCUT2D eigenvalue weighted by Crippen LogP contribution is 2.37. The first-order valence-electron chi connectivity index (χ1n) is 4.35. The second-order valence-corrected chi connectivity index (χ2v) is 3.35. The summed E-state index contributed by atoms with van der Waals surface area (Å²) in [5.41, 5.74) is 0. The second-order valence-electron chi connectivity index (χ2n) is 3.35. The van der Waals surface area contributed by atoms with E-state index in [0.717, 1.165) is 25.4 Å². The molecule has 12 heavy (non-hydrogen) atoms. The molecule has 1 fully saturated rings. The van der Waals surface area contributed by atoms with Gasteiger partial charge >= 0.3 is 0 Å². The molecule has 1 aliphatic carbocycles. The van der Waals surface area contributed by atoms with Crippen LogP contribution in [0.2, 0.25) is 0 Å². The van der Waals surface area contributed by atoms with Gasteiger partial charge in [0.2, 0.25) is 0 Å². The fraction of sp³-hybridized carbons (Fsp3) is 0.600. The lowest BCUT2D eigenvalue weighted by Crippen LogP contribution is -2.15. The van der Waals surface area contributed by atoms with Gasteiger partial charge in [-0.25, -0.2) is 0 Å². The molecule has 0 heterocycles. The summed E-state index contributed by atoms with van der Waals surface area (Å²) in [6, 6.07) is 0. The number of hydrogen-bond acceptors (Lipinski definition) is 2. The van der Waals surface area contributed by atoms with E-state index in [1.165, 1.54) is 0 Å². The van der Waals surface area contributed by atoms with Crippen molar-refractivity contribution in [3.63, 3.8) is 0 Å². The number of carbonyl (C=O) groups excluding carboxylic acids is 2. The highest BCUT2D eigenvalue weighted by molar-refractivity contribution is 5.58. The van der Waals surface area contributed by atoms with Gasteiger partial charge in [0, 0.05) is 12.3 Å². The molecule has 0 saturated heterocycles. The van der Waals surface area contributed by atoms with E-state index in [9.17, 15) is 9.59 Å². The molecule has 66 valence electrons. The quantitative estimate of drug-likeness (QED) is 0.469. The smallest absolute Gasteiger partial charge is 0.123 e. The van der Waals surface area contributed by atoms with Crippen molar-refractivity contribution in [2.75, 3.05) is 0 Å². The van der Waals surface area contributed by atoms with Crippen molar-refractivity contribution in [1.82, 2.24) is 0 Å². The topological polar surface area (TPSA) is 34.1 Å². The summed E-state index contributed by atoms with van der Waals surface area (Å²) in [4.78, 5) is 21.0. The average molecular weight is 166 g/mol. The number of aldehydes is 2. The van der Waals surface area contributed by atoms with E-state index in [-0.39, 0.29) is 11.8 Å². The zero-order valence-electron chi connectivity index (χ0n) is 7.11. The SMILES string of the molecule is C=C[C@H]1CCC(CC=O)C1C=O. The maximum absolute atomic E-state index is 10.7. The van der Waals surface area contributed by atoms with Crippen LogP contribution in [0.1, 0.15) is 19.3 Å². The molecule has 3 atom stereocenters. The average Bonchev–Trinajstić information content (AvgIpc) is 2.47. The van der Waals surface area contributed by atoms with Crippen LogP contribution in [0.25, 0.3) is 0 Å². The van der Waals surface area contributed by atoms with Crippen LogP contribution in [0.4, 0.5) is 0 Å². The Balaban J connectivity index is 2.60. The molecule has 2 heteroatoms. The summed E-state index contributed by atoms with van der Waals surface area (Å²) in [6.45, 7) is 3.69. The lowest BCUT2D eigenvalue weighted by molar-refractivity contribution is -0.113. The molecule has 2 unspecified atom stereocenters. The highest BCUT2D eigenvalue weighted by atomic mass is 16.1. The van der Waals surface area contributed by atoms with E-state index in [0.29, 0.717) is 12.3 Å². The Kier molecular flexibility index (Phi) is 3.20. The molecular weight excluding hydrogens is 152 g/mol. The summed E-state index contributed by atoms with van der Waals surface area (Å²) in [7, 11) is 0. The van der Waals surface area contributed by atoms with Crippen molar-refractivity contribution in [3.8, 4) is 0 Å². The van der Waals surface area contributed by atoms with Crippen LogP contribution >= 0.6 is 0 Å². The van der Waals surface area contributed by atoms with Crippen molar-refractivity contribution in [2.24, 2.45) is 17.8 Å². The predicted molar refractivity (Wildman–Crippen MR) is 46.6 cm³/mol. The third kappa shape index (κ3) is 1.63. The second kappa shape index (κ2) is 4.19. The minimum atomic E-state index is 0.0349. The minimum absolute atomic E-state index is 0.0349. The number of hydrogen-bond donors (Lipinski definition) is 0. The molecule has 1 rings (SSSR count). The molecule has 2 nitrogen and oxygen atoms in total. The molecule has 0 spiro atoms. The van der Waals surface area contributed by atoms with Gasteiger partial charge in [0.15, 0.2) is 0 Å². The third-order valence-electron chi connectivity index (χ3n) is 2.77. The summed E-state index contributed by atoms with van der Waals surface area (Å²) in [5, 5.41) is 0. The lowest BCUT2D eigenvalue weighted by Gasteiger charge is -2.13. The predicted octanol–water partition coefficient (Wildman–Crippen LogP) is 1.60. The summed E-state index contributed by atoms with van der Waals surface area (Å²) in [6.07, 6.45) is 6.24. The van der Waals surface area contributed by atoms with Gasteiger partial charge in [-0.2, -0.15) is 0 Å². The van der Waals surface area contributed by atoms with E-state index >= 15 is 0 Å². The third-order valence-corrected chi connectivity index (χ3v) is 2.77. The van der Waals surface area contributed by atoms with Crippen LogP contribution in [0.15, 0.2) is 12.7 Å². The van der Waals surface area contributed by atoms with Gasteiger partial charge in [-0.3, -0.25) is 0 Å². The van der Waals surface area contributed by atoms with E-state index in [1.54, 1.807) is 0 Å². The van der Waals surface area contributed by atoms with Crippen LogP contribution in [0, 0.1) is 17.8 Å². The van der Waals surface area contributed by atoms with Gasteiger partial charge in [-0.15, -0.1) is 6.58 Å². The van der Waals surface area contributed by atoms with E-state index in [1.807, 2.05) is 6.08 Å². The monoisotopic (exact) mass is 166 g/mol. The maximum atomic E-state index is 10.7. The number of carbonyl (C=O) groups is 2. The Morgan fingerprint density at radius 1 is 1.33 bits per heavy atom. The Hall–Kier alpha value is -0.920. The number of rotatable bonds is 4. The normalized spacial score (nSPS) is 34.5. The number of allylic oxidation sites excluding steroid dienone is 1. The highest BCUT2D eigenvalue weighted by Gasteiger charge is 2.33. The van der Waals surface area contributed by atoms with E-state index in [4.69, 9.17) is 0 Å². The standard InChI is InChI=1S/C10H14O2/c1-2-8-3-4-9(5-6-11)10(8)7-12/h2,6-10H,1,3-5H2/t8-,9?,10?/m0/s1. The molecule has 0 bridgehead atoms. The summed E-state index contributed by atoms with van der Waals surface area (Å²) < 4.78 is 0. The van der Waals surface area contributed by atoms with Crippen molar-refractivity contribution < 1.29 is 9.59 Å². The van der Waals surface area contributed by atoms with Crippen LogP contribution in [-0.2, 0) is 9.59 Å². The molecule has 1 saturated carbocycles. The Morgan fingerprint density at radius 3 is 2.58 bits per heavy atom. The molecule has 0 aromatic heterocycles. The van der Waals surface area contributed by atoms with Crippen molar-refractivity contribution in [2.45, 2.75) is 19.3 Å². The molecule has 0 radical (unpaired) electrons. The molecule has 0 aromatic rings. The Labute approximate surface area is 72.7 Å². The zero-order chi connectivity index (χ0) is 8.97. The molecule has 0 aliphatic heterocycles. The fourth-order valence-electron chi connectivity index (χ4n) is 2.03. The van der Waals surface area contributed by atoms with Crippen LogP contribution in [-0.4, -0.2) is 12.6 Å². The van der Waals surface area contributed by atoms with E-state index < -0.39 is 0 Å². The van der Waals surface area contributed by atoms with Gasteiger partial charge in [0.1, 0.15) is 12.6 Å². The molecule has 0 amide bonds. The van der Waals surface area contributed by atoms with Crippen molar-refractivity contribution in [1.29, 1.82) is 0 Å². The zero-order valence-corrected chi connectivity index (χ0v) is 7.11. The molecule has 1 aliphatic rings. The summed E-state index contributed by atoms with van der Waals surface area (Å²) >= 11 is 0. The maximum Gasteiger partial charge on any atom is 0.123 e. The van der Waals surface area contributed by atoms with Gasteiger partial charge in [-0.05, 0) is 24.7 Å². The van der Waals surface area contributed by atoms with E-state index in [2.05, 4.69) is 6.58 Å². The summed E-state index contributed by atoms with van der Waals surface area (Å²) in [5.74, 6) is 0.600. The fourth-order valence-corrected chi connectivity index (χ4v) is 2.03. The van der Waals surface area contributed by atoms with Gasteiger partial charge in [0.25, 0.3) is 0 Å².